The van der Waals surface area contributed by atoms with Gasteiger partial charge < -0.3 is 17.7 Å². The predicted molar refractivity (Wildman–Crippen MR) is 71.7 cm³/mol. The van der Waals surface area contributed by atoms with E-state index < -0.39 is 8.56 Å². The van der Waals surface area contributed by atoms with Crippen LogP contribution in [0.3, 0.4) is 0 Å². The van der Waals surface area contributed by atoms with E-state index in [1.165, 1.54) is 6.92 Å². The van der Waals surface area contributed by atoms with Crippen LogP contribution in [0, 0.1) is 0 Å². The maximum Gasteiger partial charge on any atom is 0.499 e. The monoisotopic (exact) mass is 280 g/mol. The molecule has 102 valence electrons. The minimum absolute atomic E-state index is 0.184. The molecular weight excluding hydrogens is 255 g/mol. The molecule has 0 aromatic rings. The average Bonchev–Trinajstić information content (AvgIpc) is 2.28. The van der Waals surface area contributed by atoms with Gasteiger partial charge in [-0.05, 0) is 32.9 Å². The highest BCUT2D eigenvalue weighted by Crippen LogP contribution is 2.15. The topological polar surface area (TPSA) is 65.0 Å². The maximum absolute atomic E-state index is 9.62. The number of aliphatic hydroxyl groups excluding tert-OH is 1. The van der Waals surface area contributed by atoms with E-state index in [9.17, 15) is 4.79 Å². The lowest BCUT2D eigenvalue weighted by molar-refractivity contribution is -0.131. The molecule has 0 aliphatic carbocycles. The SMILES string of the molecule is CC(=O)[O][AlH2].CCO[Si](C)(CCCO)OCC. The smallest absolute Gasteiger partial charge is 0.499 e. The largest absolute Gasteiger partial charge is 0.622 e. The summed E-state index contributed by atoms with van der Waals surface area (Å²) < 4.78 is 15.4. The molecule has 0 unspecified atom stereocenters. The Bertz CT molecular complexity index is 186. The van der Waals surface area contributed by atoms with Crippen LogP contribution in [0.2, 0.25) is 12.6 Å². The van der Waals surface area contributed by atoms with Crippen molar-refractivity contribution in [1.82, 2.24) is 0 Å². The van der Waals surface area contributed by atoms with Crippen molar-refractivity contribution in [3.8, 4) is 0 Å². The third-order valence-electron chi connectivity index (χ3n) is 1.98. The summed E-state index contributed by atoms with van der Waals surface area (Å²) >= 11 is 0.524. The van der Waals surface area contributed by atoms with Crippen LogP contribution in [-0.4, -0.2) is 56.1 Å². The van der Waals surface area contributed by atoms with Gasteiger partial charge in [0.15, 0.2) is 0 Å². The number of aliphatic hydroxyl groups is 1. The molecule has 7 heteroatoms. The van der Waals surface area contributed by atoms with Crippen LogP contribution in [0.25, 0.3) is 0 Å². The minimum atomic E-state index is -1.93. The summed E-state index contributed by atoms with van der Waals surface area (Å²) in [4.78, 5) is 9.62. The second kappa shape index (κ2) is 12.6. The van der Waals surface area contributed by atoms with Crippen LogP contribution in [0.1, 0.15) is 27.2 Å². The first-order valence-corrected chi connectivity index (χ1v) is 9.23. The van der Waals surface area contributed by atoms with Crippen molar-refractivity contribution in [3.05, 3.63) is 0 Å². The van der Waals surface area contributed by atoms with E-state index >= 15 is 0 Å². The zero-order chi connectivity index (χ0) is 13.7. The molecule has 0 spiro atoms. The Morgan fingerprint density at radius 2 is 1.71 bits per heavy atom. The molecule has 0 saturated carbocycles. The van der Waals surface area contributed by atoms with Gasteiger partial charge in [-0.2, -0.15) is 0 Å². The molecular formula is C10H25AlO5Si. The number of carbonyl (C=O) groups excluding carboxylic acids is 1. The molecule has 0 bridgehead atoms. The molecule has 0 saturated heterocycles. The molecule has 0 amide bonds. The van der Waals surface area contributed by atoms with Gasteiger partial charge in [0, 0.05) is 26.7 Å². The number of hydrogen-bond donors (Lipinski definition) is 1. The zero-order valence-corrected chi connectivity index (χ0v) is 14.6. The molecule has 0 aromatic carbocycles. The normalized spacial score (nSPS) is 10.4. The summed E-state index contributed by atoms with van der Waals surface area (Å²) in [5.74, 6) is -0.184. The lowest BCUT2D eigenvalue weighted by Crippen LogP contribution is -2.38. The van der Waals surface area contributed by atoms with Crippen molar-refractivity contribution in [1.29, 1.82) is 0 Å². The Hall–Kier alpha value is 0.0994. The van der Waals surface area contributed by atoms with Gasteiger partial charge in [-0.1, -0.05) is 0 Å². The van der Waals surface area contributed by atoms with E-state index in [1.807, 2.05) is 13.8 Å². The van der Waals surface area contributed by atoms with E-state index in [1.54, 1.807) is 0 Å². The molecule has 0 aliphatic heterocycles. The number of hydrogen-bond acceptors (Lipinski definition) is 5. The molecule has 0 radical (unpaired) electrons. The highest BCUT2D eigenvalue weighted by molar-refractivity contribution is 6.66. The Labute approximate surface area is 113 Å². The maximum atomic E-state index is 9.62. The van der Waals surface area contributed by atoms with Crippen molar-refractivity contribution >= 4 is 31.2 Å². The second-order valence-electron chi connectivity index (χ2n) is 3.52. The van der Waals surface area contributed by atoms with Gasteiger partial charge in [-0.25, -0.2) is 0 Å². The van der Waals surface area contributed by atoms with Crippen molar-refractivity contribution in [3.63, 3.8) is 0 Å². The minimum Gasteiger partial charge on any atom is -0.622 e. The first kappa shape index (κ1) is 19.4. The number of rotatable bonds is 7. The van der Waals surface area contributed by atoms with Crippen LogP contribution in [0.4, 0.5) is 0 Å². The fraction of sp³-hybridized carbons (Fsp3) is 0.900. The fourth-order valence-electron chi connectivity index (χ4n) is 1.20. The van der Waals surface area contributed by atoms with E-state index in [0.717, 1.165) is 12.5 Å². The van der Waals surface area contributed by atoms with E-state index in [0.29, 0.717) is 29.8 Å². The molecule has 0 rings (SSSR count). The Balaban J connectivity index is 0. The Kier molecular flexibility index (Phi) is 14.4. The van der Waals surface area contributed by atoms with Gasteiger partial charge in [0.1, 0.15) is 0 Å². The van der Waals surface area contributed by atoms with Gasteiger partial charge >= 0.3 is 25.2 Å². The van der Waals surface area contributed by atoms with Crippen LogP contribution in [0.15, 0.2) is 0 Å². The third kappa shape index (κ3) is 14.0. The zero-order valence-electron chi connectivity index (χ0n) is 11.6. The van der Waals surface area contributed by atoms with Crippen LogP contribution >= 0.6 is 0 Å². The molecule has 0 atom stereocenters. The van der Waals surface area contributed by atoms with Crippen LogP contribution < -0.4 is 0 Å². The van der Waals surface area contributed by atoms with Crippen molar-refractivity contribution in [2.75, 3.05) is 19.8 Å². The highest BCUT2D eigenvalue weighted by Gasteiger charge is 2.29. The van der Waals surface area contributed by atoms with Gasteiger partial charge in [0.2, 0.25) is 0 Å². The van der Waals surface area contributed by atoms with Gasteiger partial charge in [0.25, 0.3) is 5.97 Å². The molecule has 0 aliphatic rings. The predicted octanol–water partition coefficient (Wildman–Crippen LogP) is 0.611. The summed E-state index contributed by atoms with van der Waals surface area (Å²) in [7, 11) is -1.93. The fourth-order valence-corrected chi connectivity index (χ4v) is 3.59. The summed E-state index contributed by atoms with van der Waals surface area (Å²) in [6, 6.07) is 0.880. The first-order valence-electron chi connectivity index (χ1n) is 5.89. The van der Waals surface area contributed by atoms with Crippen molar-refractivity contribution < 1.29 is 22.5 Å². The molecule has 1 N–H and O–H groups in total. The van der Waals surface area contributed by atoms with E-state index in [4.69, 9.17) is 14.0 Å². The van der Waals surface area contributed by atoms with Crippen LogP contribution in [0.5, 0.6) is 0 Å². The summed E-state index contributed by atoms with van der Waals surface area (Å²) in [6.45, 7) is 9.03. The van der Waals surface area contributed by atoms with Gasteiger partial charge in [0.05, 0.1) is 0 Å². The summed E-state index contributed by atoms with van der Waals surface area (Å²) in [5.41, 5.74) is 0. The second-order valence-corrected chi connectivity index (χ2v) is 7.28. The molecule has 5 nitrogen and oxygen atoms in total. The van der Waals surface area contributed by atoms with Crippen molar-refractivity contribution in [2.24, 2.45) is 0 Å². The number of carbonyl (C=O) groups is 1. The lowest BCUT2D eigenvalue weighted by atomic mass is 10.5. The van der Waals surface area contributed by atoms with E-state index in [2.05, 4.69) is 10.3 Å². The van der Waals surface area contributed by atoms with E-state index in [-0.39, 0.29) is 12.6 Å². The van der Waals surface area contributed by atoms with Gasteiger partial charge in [-0.3, -0.25) is 4.79 Å². The quantitative estimate of drug-likeness (QED) is 0.692. The Morgan fingerprint density at radius 1 is 1.29 bits per heavy atom. The van der Waals surface area contributed by atoms with Crippen LogP contribution in [-0.2, 0) is 17.4 Å². The first-order chi connectivity index (χ1) is 7.95. The molecule has 17 heavy (non-hydrogen) atoms. The summed E-state index contributed by atoms with van der Waals surface area (Å²) in [6.07, 6.45) is 0.780. The Morgan fingerprint density at radius 3 is 1.94 bits per heavy atom. The molecule has 0 fully saturated rings. The molecule has 0 heterocycles. The summed E-state index contributed by atoms with van der Waals surface area (Å²) in [5, 5.41) is 8.68. The standard InChI is InChI=1S/C8H20O3Si.C2H4O2.Al.2H/c1-4-10-12(3,11-5-2)8-6-7-9;1-2(3)4;;;/h9H,4-8H2,1-3H3;1H3,(H,3,4);;;/q;;+1;;/p-1. The highest BCUT2D eigenvalue weighted by atomic mass is 28.4. The average molecular weight is 280 g/mol. The lowest BCUT2D eigenvalue weighted by Gasteiger charge is -2.25. The third-order valence-corrected chi connectivity index (χ3v) is 5.61. The molecule has 0 aromatic heterocycles. The van der Waals surface area contributed by atoms with Gasteiger partial charge in [-0.15, -0.1) is 0 Å². The van der Waals surface area contributed by atoms with Crippen molar-refractivity contribution in [2.45, 2.75) is 39.8 Å².